The molecule has 1 aliphatic heterocycles. The average Bonchev–Trinajstić information content (AvgIpc) is 2.55. The molecule has 0 amide bonds. The van der Waals surface area contributed by atoms with Gasteiger partial charge in [0, 0.05) is 17.5 Å². The molecule has 4 nitrogen and oxygen atoms in total. The number of hydrogen-bond acceptors (Lipinski definition) is 3. The SMILES string of the molecule is CC1(C)CCOc2ccc(C(=O)Cc3ccc(C(=O)O)cc3)cc21. The lowest BCUT2D eigenvalue weighted by molar-refractivity contribution is 0.0696. The summed E-state index contributed by atoms with van der Waals surface area (Å²) in [5.41, 5.74) is 2.75. The monoisotopic (exact) mass is 324 g/mol. The van der Waals surface area contributed by atoms with Gasteiger partial charge in [0.15, 0.2) is 5.78 Å². The van der Waals surface area contributed by atoms with Gasteiger partial charge in [-0.15, -0.1) is 0 Å². The quantitative estimate of drug-likeness (QED) is 0.867. The minimum absolute atomic E-state index is 0.00694. The van der Waals surface area contributed by atoms with Crippen LogP contribution in [0.3, 0.4) is 0 Å². The summed E-state index contributed by atoms with van der Waals surface area (Å²) in [4.78, 5) is 23.4. The zero-order chi connectivity index (χ0) is 17.3. The van der Waals surface area contributed by atoms with E-state index >= 15 is 0 Å². The Labute approximate surface area is 141 Å². The highest BCUT2D eigenvalue weighted by molar-refractivity contribution is 5.98. The van der Waals surface area contributed by atoms with Gasteiger partial charge in [-0.1, -0.05) is 26.0 Å². The van der Waals surface area contributed by atoms with E-state index in [4.69, 9.17) is 9.84 Å². The van der Waals surface area contributed by atoms with Crippen molar-refractivity contribution >= 4 is 11.8 Å². The van der Waals surface area contributed by atoms with Crippen LogP contribution in [-0.4, -0.2) is 23.5 Å². The van der Waals surface area contributed by atoms with Crippen LogP contribution in [0.2, 0.25) is 0 Å². The van der Waals surface area contributed by atoms with Crippen molar-refractivity contribution in [1.29, 1.82) is 0 Å². The van der Waals surface area contributed by atoms with Crippen molar-refractivity contribution < 1.29 is 19.4 Å². The van der Waals surface area contributed by atoms with Gasteiger partial charge in [-0.05, 0) is 47.7 Å². The van der Waals surface area contributed by atoms with Gasteiger partial charge in [0.2, 0.25) is 0 Å². The van der Waals surface area contributed by atoms with Crippen LogP contribution in [0, 0.1) is 0 Å². The van der Waals surface area contributed by atoms with Crippen LogP contribution in [0.5, 0.6) is 5.75 Å². The van der Waals surface area contributed by atoms with Crippen molar-refractivity contribution in [3.8, 4) is 5.75 Å². The predicted molar refractivity (Wildman–Crippen MR) is 91.0 cm³/mol. The van der Waals surface area contributed by atoms with Gasteiger partial charge in [-0.2, -0.15) is 0 Å². The Hall–Kier alpha value is -2.62. The molecule has 0 bridgehead atoms. The molecule has 1 heterocycles. The second-order valence-electron chi connectivity index (χ2n) is 6.80. The number of carbonyl (C=O) groups excluding carboxylic acids is 1. The lowest BCUT2D eigenvalue weighted by Gasteiger charge is -2.32. The second kappa shape index (κ2) is 6.11. The number of carbonyl (C=O) groups is 2. The minimum atomic E-state index is -0.968. The Balaban J connectivity index is 1.82. The Morgan fingerprint density at radius 3 is 2.42 bits per heavy atom. The third kappa shape index (κ3) is 3.18. The average molecular weight is 324 g/mol. The summed E-state index contributed by atoms with van der Waals surface area (Å²) >= 11 is 0. The summed E-state index contributed by atoms with van der Waals surface area (Å²) in [6.45, 7) is 5.02. The van der Waals surface area contributed by atoms with Gasteiger partial charge in [0.05, 0.1) is 12.2 Å². The Kier molecular flexibility index (Phi) is 4.14. The number of aromatic carboxylic acids is 1. The van der Waals surface area contributed by atoms with Gasteiger partial charge >= 0.3 is 5.97 Å². The van der Waals surface area contributed by atoms with E-state index in [1.54, 1.807) is 18.2 Å². The number of Topliss-reactive ketones (excluding diaryl/α,β-unsaturated/α-hetero) is 1. The first-order chi connectivity index (χ1) is 11.4. The fourth-order valence-corrected chi connectivity index (χ4v) is 2.96. The predicted octanol–water partition coefficient (Wildman–Crippen LogP) is 3.87. The molecule has 0 unspecified atom stereocenters. The molecule has 24 heavy (non-hydrogen) atoms. The largest absolute Gasteiger partial charge is 0.493 e. The first kappa shape index (κ1) is 16.2. The molecule has 0 spiro atoms. The molecule has 2 aromatic rings. The zero-order valence-electron chi connectivity index (χ0n) is 13.8. The number of benzene rings is 2. The maximum absolute atomic E-state index is 12.6. The number of carboxylic acids is 1. The molecule has 1 N–H and O–H groups in total. The number of ether oxygens (including phenoxy) is 1. The maximum Gasteiger partial charge on any atom is 0.335 e. The van der Waals surface area contributed by atoms with Crippen molar-refractivity contribution in [2.45, 2.75) is 32.1 Å². The lowest BCUT2D eigenvalue weighted by atomic mass is 9.79. The lowest BCUT2D eigenvalue weighted by Crippen LogP contribution is -2.27. The number of rotatable bonds is 4. The smallest absolute Gasteiger partial charge is 0.335 e. The van der Waals surface area contributed by atoms with Crippen LogP contribution in [-0.2, 0) is 11.8 Å². The van der Waals surface area contributed by atoms with E-state index in [1.165, 1.54) is 12.1 Å². The van der Waals surface area contributed by atoms with Crippen LogP contribution >= 0.6 is 0 Å². The Bertz CT molecular complexity index is 788. The molecule has 0 radical (unpaired) electrons. The van der Waals surface area contributed by atoms with Crippen LogP contribution in [0.1, 0.15) is 52.1 Å². The summed E-state index contributed by atoms with van der Waals surface area (Å²) in [6.07, 6.45) is 1.17. The molecule has 0 saturated carbocycles. The van der Waals surface area contributed by atoms with Crippen LogP contribution < -0.4 is 4.74 Å². The van der Waals surface area contributed by atoms with E-state index in [0.717, 1.165) is 23.3 Å². The highest BCUT2D eigenvalue weighted by atomic mass is 16.5. The van der Waals surface area contributed by atoms with Gasteiger partial charge in [0.1, 0.15) is 5.75 Å². The van der Waals surface area contributed by atoms with Crippen molar-refractivity contribution in [2.75, 3.05) is 6.61 Å². The normalized spacial score (nSPS) is 15.2. The number of ketones is 1. The van der Waals surface area contributed by atoms with Crippen molar-refractivity contribution in [3.05, 3.63) is 64.7 Å². The summed E-state index contributed by atoms with van der Waals surface area (Å²) < 4.78 is 5.68. The molecular weight excluding hydrogens is 304 g/mol. The van der Waals surface area contributed by atoms with E-state index in [9.17, 15) is 9.59 Å². The van der Waals surface area contributed by atoms with Crippen molar-refractivity contribution in [3.63, 3.8) is 0 Å². The van der Waals surface area contributed by atoms with E-state index in [-0.39, 0.29) is 23.2 Å². The van der Waals surface area contributed by atoms with Gasteiger partial charge in [0.25, 0.3) is 0 Å². The number of fused-ring (bicyclic) bond motifs is 1. The molecule has 0 fully saturated rings. The summed E-state index contributed by atoms with van der Waals surface area (Å²) in [5.74, 6) is -0.0966. The van der Waals surface area contributed by atoms with Gasteiger partial charge in [-0.3, -0.25) is 4.79 Å². The molecule has 2 aromatic carbocycles. The first-order valence-electron chi connectivity index (χ1n) is 7.99. The summed E-state index contributed by atoms with van der Waals surface area (Å²) in [7, 11) is 0. The topological polar surface area (TPSA) is 63.6 Å². The molecule has 4 heteroatoms. The van der Waals surface area contributed by atoms with E-state index in [0.29, 0.717) is 12.2 Å². The fraction of sp³-hybridized carbons (Fsp3) is 0.300. The molecule has 0 aliphatic carbocycles. The molecule has 0 saturated heterocycles. The standard InChI is InChI=1S/C20H20O4/c1-20(2)9-10-24-18-8-7-15(12-16(18)20)17(21)11-13-3-5-14(6-4-13)19(22)23/h3-8,12H,9-11H2,1-2H3,(H,22,23). The fourth-order valence-electron chi connectivity index (χ4n) is 2.96. The Morgan fingerprint density at radius 1 is 1.08 bits per heavy atom. The van der Waals surface area contributed by atoms with E-state index < -0.39 is 5.97 Å². The van der Waals surface area contributed by atoms with Crippen LogP contribution in [0.15, 0.2) is 42.5 Å². The van der Waals surface area contributed by atoms with Gasteiger partial charge < -0.3 is 9.84 Å². The van der Waals surface area contributed by atoms with Crippen molar-refractivity contribution in [2.24, 2.45) is 0 Å². The molecule has 124 valence electrons. The zero-order valence-corrected chi connectivity index (χ0v) is 13.8. The first-order valence-corrected chi connectivity index (χ1v) is 7.99. The molecule has 0 atom stereocenters. The Morgan fingerprint density at radius 2 is 1.75 bits per heavy atom. The molecule has 3 rings (SSSR count). The number of hydrogen-bond donors (Lipinski definition) is 1. The highest BCUT2D eigenvalue weighted by Gasteiger charge is 2.29. The third-order valence-electron chi connectivity index (χ3n) is 4.58. The molecule has 0 aromatic heterocycles. The van der Waals surface area contributed by atoms with Crippen molar-refractivity contribution in [1.82, 2.24) is 0 Å². The molecule has 1 aliphatic rings. The highest BCUT2D eigenvalue weighted by Crippen LogP contribution is 2.38. The van der Waals surface area contributed by atoms with E-state index in [1.807, 2.05) is 12.1 Å². The van der Waals surface area contributed by atoms with Crippen LogP contribution in [0.25, 0.3) is 0 Å². The third-order valence-corrected chi connectivity index (χ3v) is 4.58. The van der Waals surface area contributed by atoms with Gasteiger partial charge in [-0.25, -0.2) is 4.79 Å². The second-order valence-corrected chi connectivity index (χ2v) is 6.80. The van der Waals surface area contributed by atoms with E-state index in [2.05, 4.69) is 13.8 Å². The maximum atomic E-state index is 12.6. The molecular formula is C20H20O4. The summed E-state index contributed by atoms with van der Waals surface area (Å²) in [6, 6.07) is 12.0. The number of carboxylic acid groups (broad SMARTS) is 1. The minimum Gasteiger partial charge on any atom is -0.493 e. The summed E-state index contributed by atoms with van der Waals surface area (Å²) in [5, 5.41) is 8.92. The van der Waals surface area contributed by atoms with Crippen LogP contribution in [0.4, 0.5) is 0 Å².